The van der Waals surface area contributed by atoms with Crippen molar-refractivity contribution in [3.8, 4) is 5.69 Å². The Labute approximate surface area is 135 Å². The van der Waals surface area contributed by atoms with Crippen molar-refractivity contribution in [3.63, 3.8) is 0 Å². The molecule has 0 radical (unpaired) electrons. The van der Waals surface area contributed by atoms with Crippen LogP contribution in [0.1, 0.15) is 36.7 Å². The molecule has 0 bridgehead atoms. The summed E-state index contributed by atoms with van der Waals surface area (Å²) in [5.41, 5.74) is 6.26. The Morgan fingerprint density at radius 3 is 2.78 bits per heavy atom. The standard InChI is InChI=1S/C19H19N3O/c1-11(2)17-9-13-5-4-12(3)20-19(13)22(17)15-6-7-16-14(8-15)10-18(23)21-16/h4-9,11H,10H2,1-3H3,(H,21,23). The molecule has 4 heteroatoms. The lowest BCUT2D eigenvalue weighted by Crippen LogP contribution is -2.03. The smallest absolute Gasteiger partial charge is 0.228 e. The summed E-state index contributed by atoms with van der Waals surface area (Å²) in [6, 6.07) is 12.5. The van der Waals surface area contributed by atoms with Gasteiger partial charge in [-0.15, -0.1) is 0 Å². The maximum absolute atomic E-state index is 11.6. The summed E-state index contributed by atoms with van der Waals surface area (Å²) in [6.07, 6.45) is 0.450. The van der Waals surface area contributed by atoms with E-state index in [4.69, 9.17) is 4.98 Å². The van der Waals surface area contributed by atoms with E-state index < -0.39 is 0 Å². The quantitative estimate of drug-likeness (QED) is 0.779. The molecular weight excluding hydrogens is 286 g/mol. The highest BCUT2D eigenvalue weighted by Gasteiger charge is 2.20. The van der Waals surface area contributed by atoms with E-state index in [0.717, 1.165) is 33.7 Å². The van der Waals surface area contributed by atoms with Crippen molar-refractivity contribution in [1.82, 2.24) is 9.55 Å². The van der Waals surface area contributed by atoms with Gasteiger partial charge in [0, 0.05) is 28.1 Å². The molecule has 0 saturated carbocycles. The second-order valence-electron chi connectivity index (χ2n) is 6.49. The molecule has 0 aliphatic carbocycles. The van der Waals surface area contributed by atoms with Crippen LogP contribution in [0, 0.1) is 6.92 Å². The zero-order valence-corrected chi connectivity index (χ0v) is 13.6. The fourth-order valence-electron chi connectivity index (χ4n) is 3.24. The van der Waals surface area contributed by atoms with Crippen LogP contribution in [0.2, 0.25) is 0 Å². The molecule has 116 valence electrons. The normalized spacial score (nSPS) is 13.7. The van der Waals surface area contributed by atoms with Crippen molar-refractivity contribution < 1.29 is 4.79 Å². The van der Waals surface area contributed by atoms with Crippen LogP contribution in [0.3, 0.4) is 0 Å². The number of benzene rings is 1. The van der Waals surface area contributed by atoms with Crippen molar-refractivity contribution >= 4 is 22.6 Å². The van der Waals surface area contributed by atoms with Gasteiger partial charge in [0.05, 0.1) is 6.42 Å². The van der Waals surface area contributed by atoms with E-state index in [-0.39, 0.29) is 5.91 Å². The first-order chi connectivity index (χ1) is 11.0. The maximum Gasteiger partial charge on any atom is 0.228 e. The molecule has 0 atom stereocenters. The highest BCUT2D eigenvalue weighted by atomic mass is 16.1. The first kappa shape index (κ1) is 14.0. The predicted molar refractivity (Wildman–Crippen MR) is 92.2 cm³/mol. The fourth-order valence-corrected chi connectivity index (χ4v) is 3.24. The number of carbonyl (C=O) groups excluding carboxylic acids is 1. The van der Waals surface area contributed by atoms with E-state index in [1.54, 1.807) is 0 Å². The summed E-state index contributed by atoms with van der Waals surface area (Å²) in [4.78, 5) is 16.3. The maximum atomic E-state index is 11.6. The molecule has 3 heterocycles. The Balaban J connectivity index is 1.97. The van der Waals surface area contributed by atoms with Crippen LogP contribution >= 0.6 is 0 Å². The number of amides is 1. The van der Waals surface area contributed by atoms with Gasteiger partial charge >= 0.3 is 0 Å². The largest absolute Gasteiger partial charge is 0.326 e. The Hall–Kier alpha value is -2.62. The number of nitrogens with zero attached hydrogens (tertiary/aromatic N) is 2. The first-order valence-corrected chi connectivity index (χ1v) is 7.95. The second-order valence-corrected chi connectivity index (χ2v) is 6.49. The number of hydrogen-bond acceptors (Lipinski definition) is 2. The van der Waals surface area contributed by atoms with Gasteiger partial charge in [0.25, 0.3) is 0 Å². The van der Waals surface area contributed by atoms with Gasteiger partial charge in [0.15, 0.2) is 0 Å². The number of aromatic nitrogens is 2. The summed E-state index contributed by atoms with van der Waals surface area (Å²) in [6.45, 7) is 6.39. The minimum atomic E-state index is 0.0626. The molecule has 1 amide bonds. The van der Waals surface area contributed by atoms with E-state index in [0.29, 0.717) is 12.3 Å². The van der Waals surface area contributed by atoms with E-state index in [9.17, 15) is 4.79 Å². The first-order valence-electron chi connectivity index (χ1n) is 7.95. The van der Waals surface area contributed by atoms with Gasteiger partial charge in [-0.2, -0.15) is 0 Å². The molecule has 1 aliphatic heterocycles. The van der Waals surface area contributed by atoms with E-state index in [1.165, 1.54) is 5.69 Å². The van der Waals surface area contributed by atoms with E-state index >= 15 is 0 Å². The molecule has 3 aromatic rings. The van der Waals surface area contributed by atoms with Crippen LogP contribution in [0.4, 0.5) is 5.69 Å². The number of anilines is 1. The summed E-state index contributed by atoms with van der Waals surface area (Å²) >= 11 is 0. The van der Waals surface area contributed by atoms with E-state index in [2.05, 4.69) is 48.0 Å². The Morgan fingerprint density at radius 1 is 1.17 bits per heavy atom. The monoisotopic (exact) mass is 305 g/mol. The number of nitrogens with one attached hydrogen (secondary N) is 1. The van der Waals surface area contributed by atoms with Crippen molar-refractivity contribution in [3.05, 3.63) is 53.3 Å². The molecule has 1 aliphatic rings. The lowest BCUT2D eigenvalue weighted by atomic mass is 10.1. The molecular formula is C19H19N3O. The van der Waals surface area contributed by atoms with Gasteiger partial charge in [0.1, 0.15) is 5.65 Å². The minimum absolute atomic E-state index is 0.0626. The van der Waals surface area contributed by atoms with Crippen LogP contribution in [0.25, 0.3) is 16.7 Å². The Kier molecular flexibility index (Phi) is 3.01. The summed E-state index contributed by atoms with van der Waals surface area (Å²) in [5, 5.41) is 4.04. The van der Waals surface area contributed by atoms with Crippen LogP contribution in [0.5, 0.6) is 0 Å². The third-order valence-electron chi connectivity index (χ3n) is 4.38. The highest BCUT2D eigenvalue weighted by Crippen LogP contribution is 2.31. The third-order valence-corrected chi connectivity index (χ3v) is 4.38. The number of hydrogen-bond donors (Lipinski definition) is 1. The summed E-state index contributed by atoms with van der Waals surface area (Å²) in [5.74, 6) is 0.449. The van der Waals surface area contributed by atoms with Gasteiger partial charge in [-0.05, 0) is 54.8 Å². The SMILES string of the molecule is Cc1ccc2cc(C(C)C)n(-c3ccc4c(c3)CC(=O)N4)c2n1. The Morgan fingerprint density at radius 2 is 2.00 bits per heavy atom. The zero-order chi connectivity index (χ0) is 16.1. The van der Waals surface area contributed by atoms with Crippen molar-refractivity contribution in [2.75, 3.05) is 5.32 Å². The Bertz CT molecular complexity index is 937. The van der Waals surface area contributed by atoms with Crippen molar-refractivity contribution in [2.24, 2.45) is 0 Å². The number of rotatable bonds is 2. The van der Waals surface area contributed by atoms with Gasteiger partial charge in [0.2, 0.25) is 5.91 Å². The van der Waals surface area contributed by atoms with Crippen LogP contribution in [-0.4, -0.2) is 15.5 Å². The van der Waals surface area contributed by atoms with Gasteiger partial charge < -0.3 is 5.32 Å². The average molecular weight is 305 g/mol. The number of fused-ring (bicyclic) bond motifs is 2. The van der Waals surface area contributed by atoms with Gasteiger partial charge in [-0.1, -0.05) is 13.8 Å². The lowest BCUT2D eigenvalue weighted by Gasteiger charge is -2.14. The predicted octanol–water partition coefficient (Wildman–Crippen LogP) is 3.95. The fraction of sp³-hybridized carbons (Fsp3) is 0.263. The average Bonchev–Trinajstić information content (AvgIpc) is 3.05. The number of aryl methyl sites for hydroxylation is 1. The molecule has 1 aromatic carbocycles. The zero-order valence-electron chi connectivity index (χ0n) is 13.6. The van der Waals surface area contributed by atoms with Crippen molar-refractivity contribution in [1.29, 1.82) is 0 Å². The molecule has 0 saturated heterocycles. The lowest BCUT2D eigenvalue weighted by molar-refractivity contribution is -0.115. The molecule has 0 unspecified atom stereocenters. The third kappa shape index (κ3) is 2.22. The molecule has 1 N–H and O–H groups in total. The van der Waals surface area contributed by atoms with Crippen LogP contribution in [0.15, 0.2) is 36.4 Å². The summed E-state index contributed by atoms with van der Waals surface area (Å²) in [7, 11) is 0. The molecule has 4 nitrogen and oxygen atoms in total. The molecule has 23 heavy (non-hydrogen) atoms. The molecule has 2 aromatic heterocycles. The van der Waals surface area contributed by atoms with Gasteiger partial charge in [-0.25, -0.2) is 4.98 Å². The number of carbonyl (C=O) groups is 1. The molecule has 4 rings (SSSR count). The molecule has 0 fully saturated rings. The highest BCUT2D eigenvalue weighted by molar-refractivity contribution is 5.99. The molecule has 0 spiro atoms. The van der Waals surface area contributed by atoms with Gasteiger partial charge in [-0.3, -0.25) is 9.36 Å². The topological polar surface area (TPSA) is 46.9 Å². The van der Waals surface area contributed by atoms with Crippen molar-refractivity contribution in [2.45, 2.75) is 33.1 Å². The summed E-state index contributed by atoms with van der Waals surface area (Å²) < 4.78 is 2.22. The van der Waals surface area contributed by atoms with Crippen LogP contribution in [-0.2, 0) is 11.2 Å². The van der Waals surface area contributed by atoms with Crippen LogP contribution < -0.4 is 5.32 Å². The van der Waals surface area contributed by atoms with E-state index in [1.807, 2.05) is 19.1 Å². The number of pyridine rings is 1. The second kappa shape index (κ2) is 4.95. The minimum Gasteiger partial charge on any atom is -0.326 e.